The normalized spacial score (nSPS) is 7.33. The SMILES string of the molecule is OC#Cc1ccc(C#CO)cc1. The predicted molar refractivity (Wildman–Crippen MR) is 44.1 cm³/mol. The minimum atomic E-state index is 0.709. The Balaban J connectivity index is 2.95. The molecule has 2 N–H and O–H groups in total. The fourth-order valence-corrected chi connectivity index (χ4v) is 0.766. The van der Waals surface area contributed by atoms with E-state index in [0.717, 1.165) is 0 Å². The Morgan fingerprint density at radius 1 is 0.750 bits per heavy atom. The molecule has 12 heavy (non-hydrogen) atoms. The molecule has 1 aromatic rings. The van der Waals surface area contributed by atoms with E-state index in [-0.39, 0.29) is 0 Å². The molecule has 0 unspecified atom stereocenters. The minimum Gasteiger partial charge on any atom is -0.462 e. The van der Waals surface area contributed by atoms with Crippen LogP contribution in [0.4, 0.5) is 0 Å². The molecule has 0 aromatic heterocycles. The lowest BCUT2D eigenvalue weighted by molar-refractivity contribution is 0.516. The van der Waals surface area contributed by atoms with E-state index in [4.69, 9.17) is 10.2 Å². The van der Waals surface area contributed by atoms with Gasteiger partial charge in [-0.25, -0.2) is 0 Å². The van der Waals surface area contributed by atoms with Crippen molar-refractivity contribution >= 4 is 0 Å². The third-order valence-electron chi connectivity index (χ3n) is 1.29. The lowest BCUT2D eigenvalue weighted by Crippen LogP contribution is -1.76. The second-order valence-electron chi connectivity index (χ2n) is 2.05. The van der Waals surface area contributed by atoms with Crippen LogP contribution in [-0.4, -0.2) is 10.2 Å². The average Bonchev–Trinajstić information content (AvgIpc) is 2.09. The number of rotatable bonds is 0. The monoisotopic (exact) mass is 158 g/mol. The summed E-state index contributed by atoms with van der Waals surface area (Å²) in [7, 11) is 0. The second kappa shape index (κ2) is 3.95. The van der Waals surface area contributed by atoms with Gasteiger partial charge in [-0.2, -0.15) is 0 Å². The smallest absolute Gasteiger partial charge is 0.113 e. The zero-order valence-electron chi connectivity index (χ0n) is 6.20. The van der Waals surface area contributed by atoms with Crippen LogP contribution in [0.3, 0.4) is 0 Å². The molecule has 0 heterocycles. The maximum absolute atomic E-state index is 8.26. The molecule has 0 aliphatic carbocycles. The van der Waals surface area contributed by atoms with Gasteiger partial charge in [-0.1, -0.05) is 0 Å². The van der Waals surface area contributed by atoms with Gasteiger partial charge in [-0.3, -0.25) is 0 Å². The highest BCUT2D eigenvalue weighted by molar-refractivity contribution is 5.40. The molecule has 0 atom stereocenters. The molecule has 0 fully saturated rings. The van der Waals surface area contributed by atoms with Crippen molar-refractivity contribution in [2.75, 3.05) is 0 Å². The Morgan fingerprint density at radius 3 is 1.33 bits per heavy atom. The van der Waals surface area contributed by atoms with Crippen molar-refractivity contribution in [1.82, 2.24) is 0 Å². The van der Waals surface area contributed by atoms with Crippen LogP contribution < -0.4 is 0 Å². The first kappa shape index (κ1) is 8.04. The van der Waals surface area contributed by atoms with E-state index in [0.29, 0.717) is 11.1 Å². The van der Waals surface area contributed by atoms with E-state index in [1.54, 1.807) is 36.5 Å². The molecule has 1 aromatic carbocycles. The largest absolute Gasteiger partial charge is 0.462 e. The minimum absolute atomic E-state index is 0.709. The Morgan fingerprint density at radius 2 is 1.08 bits per heavy atom. The van der Waals surface area contributed by atoms with Gasteiger partial charge in [-0.15, -0.1) is 0 Å². The van der Waals surface area contributed by atoms with Crippen molar-refractivity contribution in [3.05, 3.63) is 35.4 Å². The Hall–Kier alpha value is -2.06. The van der Waals surface area contributed by atoms with Gasteiger partial charge in [-0.05, 0) is 36.1 Å². The van der Waals surface area contributed by atoms with Crippen molar-refractivity contribution in [3.63, 3.8) is 0 Å². The molecular formula is C10H6O2. The van der Waals surface area contributed by atoms with E-state index in [1.165, 1.54) is 0 Å². The molecule has 0 saturated heterocycles. The highest BCUT2D eigenvalue weighted by Crippen LogP contribution is 2.00. The predicted octanol–water partition coefficient (Wildman–Crippen LogP) is 1.05. The van der Waals surface area contributed by atoms with Gasteiger partial charge in [0.1, 0.15) is 12.2 Å². The van der Waals surface area contributed by atoms with Crippen molar-refractivity contribution < 1.29 is 10.2 Å². The Bertz CT molecular complexity index is 329. The molecule has 1 rings (SSSR count). The summed E-state index contributed by atoms with van der Waals surface area (Å²) in [5, 5.41) is 16.5. The summed E-state index contributed by atoms with van der Waals surface area (Å²) in [6.45, 7) is 0. The van der Waals surface area contributed by atoms with E-state index in [1.807, 2.05) is 0 Å². The molecule has 0 radical (unpaired) electrons. The zero-order chi connectivity index (χ0) is 8.81. The number of aliphatic hydroxyl groups excluding tert-OH is 2. The Labute approximate surface area is 70.5 Å². The van der Waals surface area contributed by atoms with Gasteiger partial charge in [0.15, 0.2) is 0 Å². The highest BCUT2D eigenvalue weighted by atomic mass is 16.2. The molecule has 0 saturated carbocycles. The third kappa shape index (κ3) is 1.97. The van der Waals surface area contributed by atoms with Gasteiger partial charge >= 0.3 is 0 Å². The van der Waals surface area contributed by atoms with Crippen LogP contribution in [0.5, 0.6) is 0 Å². The van der Waals surface area contributed by atoms with Crippen LogP contribution in [-0.2, 0) is 0 Å². The molecule has 2 nitrogen and oxygen atoms in total. The first-order chi connectivity index (χ1) is 5.86. The highest BCUT2D eigenvalue weighted by Gasteiger charge is 1.87. The van der Waals surface area contributed by atoms with Crippen LogP contribution in [0.25, 0.3) is 0 Å². The molecule has 0 spiro atoms. The van der Waals surface area contributed by atoms with Gasteiger partial charge in [0.2, 0.25) is 0 Å². The summed E-state index contributed by atoms with van der Waals surface area (Å²) in [5.74, 6) is 4.94. The van der Waals surface area contributed by atoms with Gasteiger partial charge in [0, 0.05) is 11.1 Å². The quantitative estimate of drug-likeness (QED) is 0.554. The lowest BCUT2D eigenvalue weighted by atomic mass is 10.1. The Kier molecular flexibility index (Phi) is 2.65. The fourth-order valence-electron chi connectivity index (χ4n) is 0.766. The lowest BCUT2D eigenvalue weighted by Gasteiger charge is -1.89. The van der Waals surface area contributed by atoms with Gasteiger partial charge in [0.05, 0.1) is 0 Å². The van der Waals surface area contributed by atoms with Gasteiger partial charge < -0.3 is 10.2 Å². The number of hydrogen-bond donors (Lipinski definition) is 2. The number of aliphatic hydroxyl groups is 2. The summed E-state index contributed by atoms with van der Waals surface area (Å²) in [6, 6.07) is 6.84. The first-order valence-corrected chi connectivity index (χ1v) is 3.27. The van der Waals surface area contributed by atoms with E-state index < -0.39 is 0 Å². The summed E-state index contributed by atoms with van der Waals surface area (Å²) < 4.78 is 0. The topological polar surface area (TPSA) is 40.5 Å². The summed E-state index contributed by atoms with van der Waals surface area (Å²) in [4.78, 5) is 0. The molecule has 2 heteroatoms. The first-order valence-electron chi connectivity index (χ1n) is 3.27. The zero-order valence-corrected chi connectivity index (χ0v) is 6.20. The molecular weight excluding hydrogens is 152 g/mol. The van der Waals surface area contributed by atoms with Crippen molar-refractivity contribution in [1.29, 1.82) is 0 Å². The summed E-state index contributed by atoms with van der Waals surface area (Å²) in [6.07, 6.45) is 3.60. The van der Waals surface area contributed by atoms with Crippen molar-refractivity contribution in [2.45, 2.75) is 0 Å². The maximum Gasteiger partial charge on any atom is 0.113 e. The van der Waals surface area contributed by atoms with E-state index in [2.05, 4.69) is 11.8 Å². The third-order valence-corrected chi connectivity index (χ3v) is 1.29. The maximum atomic E-state index is 8.26. The van der Waals surface area contributed by atoms with Crippen LogP contribution in [0.15, 0.2) is 24.3 Å². The van der Waals surface area contributed by atoms with Crippen molar-refractivity contribution in [3.8, 4) is 24.1 Å². The molecule has 0 bridgehead atoms. The van der Waals surface area contributed by atoms with Crippen LogP contribution in [0, 0.1) is 24.1 Å². The molecule has 58 valence electrons. The second-order valence-corrected chi connectivity index (χ2v) is 2.05. The summed E-state index contributed by atoms with van der Waals surface area (Å²) in [5.41, 5.74) is 1.42. The standard InChI is InChI=1S/C10H6O2/c11-7-5-9-1-2-10(4-3-9)6-8-12/h1-4,11-12H. The summed E-state index contributed by atoms with van der Waals surface area (Å²) >= 11 is 0. The van der Waals surface area contributed by atoms with E-state index in [9.17, 15) is 0 Å². The number of benzene rings is 1. The van der Waals surface area contributed by atoms with Gasteiger partial charge in [0.25, 0.3) is 0 Å². The fraction of sp³-hybridized carbons (Fsp3) is 0. The van der Waals surface area contributed by atoms with Crippen molar-refractivity contribution in [2.24, 2.45) is 0 Å². The van der Waals surface area contributed by atoms with Crippen LogP contribution >= 0.6 is 0 Å². The number of hydrogen-bond acceptors (Lipinski definition) is 2. The van der Waals surface area contributed by atoms with Crippen LogP contribution in [0.1, 0.15) is 11.1 Å². The molecule has 0 aliphatic rings. The van der Waals surface area contributed by atoms with E-state index >= 15 is 0 Å². The average molecular weight is 158 g/mol. The molecule has 0 aliphatic heterocycles. The molecule has 0 amide bonds. The van der Waals surface area contributed by atoms with Crippen LogP contribution in [0.2, 0.25) is 0 Å².